The molecule has 0 radical (unpaired) electrons. The fourth-order valence-electron chi connectivity index (χ4n) is 3.31. The van der Waals surface area contributed by atoms with Gasteiger partial charge in [0.05, 0.1) is 11.1 Å². The van der Waals surface area contributed by atoms with E-state index in [-0.39, 0.29) is 0 Å². The third kappa shape index (κ3) is 4.30. The lowest BCUT2D eigenvalue weighted by molar-refractivity contribution is 0.831. The molecule has 146 valence electrons. The van der Waals surface area contributed by atoms with Gasteiger partial charge in [-0.05, 0) is 42.7 Å². The van der Waals surface area contributed by atoms with Crippen LogP contribution in [0.2, 0.25) is 0 Å². The maximum atomic E-state index is 4.87. The van der Waals surface area contributed by atoms with Crippen LogP contribution in [0.4, 0.5) is 5.82 Å². The molecule has 0 fully saturated rings. The van der Waals surface area contributed by atoms with E-state index in [0.29, 0.717) is 5.65 Å². The molecule has 0 unspecified atom stereocenters. The summed E-state index contributed by atoms with van der Waals surface area (Å²) in [5.41, 5.74) is 6.12. The standard InChI is InChI=1S/C24H23BrN4/c1-3-4-13-26-23-22-20(17-9-11-19(25)12-10-17)14-21(29-24(22)28-15-27-23)18-7-5-16(2)6-8-18/h5-12,14-15H,3-4,13H2,1-2H3,(H,26,27,28,29). The van der Waals surface area contributed by atoms with Gasteiger partial charge < -0.3 is 5.32 Å². The highest BCUT2D eigenvalue weighted by Crippen LogP contribution is 2.35. The van der Waals surface area contributed by atoms with Crippen LogP contribution in [0, 0.1) is 6.92 Å². The molecule has 4 aromatic rings. The summed E-state index contributed by atoms with van der Waals surface area (Å²) in [5, 5.41) is 4.44. The largest absolute Gasteiger partial charge is 0.369 e. The molecular weight excluding hydrogens is 424 g/mol. The smallest absolute Gasteiger partial charge is 0.165 e. The van der Waals surface area contributed by atoms with Crippen LogP contribution < -0.4 is 5.32 Å². The lowest BCUT2D eigenvalue weighted by Gasteiger charge is -2.14. The zero-order chi connectivity index (χ0) is 20.2. The molecule has 1 N–H and O–H groups in total. The Balaban J connectivity index is 1.92. The van der Waals surface area contributed by atoms with Gasteiger partial charge in [-0.2, -0.15) is 0 Å². The molecule has 0 bridgehead atoms. The van der Waals surface area contributed by atoms with Crippen molar-refractivity contribution in [1.82, 2.24) is 15.0 Å². The van der Waals surface area contributed by atoms with Crippen LogP contribution in [0.25, 0.3) is 33.4 Å². The average Bonchev–Trinajstić information content (AvgIpc) is 2.74. The summed E-state index contributed by atoms with van der Waals surface area (Å²) >= 11 is 3.53. The number of pyridine rings is 1. The fraction of sp³-hybridized carbons (Fsp3) is 0.208. The van der Waals surface area contributed by atoms with Crippen molar-refractivity contribution in [2.75, 3.05) is 11.9 Å². The van der Waals surface area contributed by atoms with E-state index in [4.69, 9.17) is 4.98 Å². The van der Waals surface area contributed by atoms with E-state index < -0.39 is 0 Å². The number of hydrogen-bond donors (Lipinski definition) is 1. The minimum absolute atomic E-state index is 0.704. The van der Waals surface area contributed by atoms with Crippen molar-refractivity contribution in [1.29, 1.82) is 0 Å². The van der Waals surface area contributed by atoms with Crippen LogP contribution in [-0.2, 0) is 0 Å². The molecule has 0 aliphatic heterocycles. The maximum absolute atomic E-state index is 4.87. The van der Waals surface area contributed by atoms with Crippen LogP contribution in [0.3, 0.4) is 0 Å². The quantitative estimate of drug-likeness (QED) is 0.337. The molecule has 0 aliphatic rings. The predicted molar refractivity (Wildman–Crippen MR) is 124 cm³/mol. The summed E-state index contributed by atoms with van der Waals surface area (Å²) in [7, 11) is 0. The molecule has 0 saturated carbocycles. The molecule has 0 saturated heterocycles. The van der Waals surface area contributed by atoms with Crippen molar-refractivity contribution in [3.63, 3.8) is 0 Å². The van der Waals surface area contributed by atoms with E-state index >= 15 is 0 Å². The summed E-state index contributed by atoms with van der Waals surface area (Å²) in [5.74, 6) is 0.837. The molecule has 5 heteroatoms. The molecule has 4 rings (SSSR count). The lowest BCUT2D eigenvalue weighted by Crippen LogP contribution is -2.05. The second-order valence-electron chi connectivity index (χ2n) is 7.13. The van der Waals surface area contributed by atoms with Crippen LogP contribution in [0.1, 0.15) is 25.3 Å². The number of benzene rings is 2. The van der Waals surface area contributed by atoms with Crippen molar-refractivity contribution in [2.45, 2.75) is 26.7 Å². The van der Waals surface area contributed by atoms with Gasteiger partial charge in [-0.15, -0.1) is 0 Å². The Bertz CT molecular complexity index is 1120. The van der Waals surface area contributed by atoms with Gasteiger partial charge in [0.2, 0.25) is 0 Å². The number of rotatable bonds is 6. The van der Waals surface area contributed by atoms with Crippen LogP contribution in [-0.4, -0.2) is 21.5 Å². The summed E-state index contributed by atoms with van der Waals surface area (Å²) < 4.78 is 1.05. The van der Waals surface area contributed by atoms with E-state index in [1.807, 2.05) is 0 Å². The molecule has 0 spiro atoms. The Morgan fingerprint density at radius 2 is 1.66 bits per heavy atom. The number of halogens is 1. The number of fused-ring (bicyclic) bond motifs is 1. The fourth-order valence-corrected chi connectivity index (χ4v) is 3.58. The van der Waals surface area contributed by atoms with Crippen LogP contribution >= 0.6 is 15.9 Å². The predicted octanol–water partition coefficient (Wildman–Crippen LogP) is 6.64. The molecule has 2 aromatic carbocycles. The number of nitrogens with zero attached hydrogens (tertiary/aromatic N) is 3. The summed E-state index contributed by atoms with van der Waals surface area (Å²) in [4.78, 5) is 13.9. The molecule has 0 aliphatic carbocycles. The van der Waals surface area contributed by atoms with Gasteiger partial charge in [-0.1, -0.05) is 71.2 Å². The zero-order valence-electron chi connectivity index (χ0n) is 16.6. The minimum Gasteiger partial charge on any atom is -0.369 e. The average molecular weight is 447 g/mol. The molecule has 29 heavy (non-hydrogen) atoms. The topological polar surface area (TPSA) is 50.7 Å². The Labute approximate surface area is 179 Å². The van der Waals surface area contributed by atoms with Gasteiger partial charge >= 0.3 is 0 Å². The Morgan fingerprint density at radius 3 is 2.38 bits per heavy atom. The SMILES string of the molecule is CCCCNc1ncnc2nc(-c3ccc(C)cc3)cc(-c3ccc(Br)cc3)c12. The van der Waals surface area contributed by atoms with E-state index in [0.717, 1.165) is 57.4 Å². The minimum atomic E-state index is 0.704. The van der Waals surface area contributed by atoms with Crippen molar-refractivity contribution in [2.24, 2.45) is 0 Å². The van der Waals surface area contributed by atoms with E-state index in [1.54, 1.807) is 6.33 Å². The molecule has 4 nitrogen and oxygen atoms in total. The Hall–Kier alpha value is -2.79. The van der Waals surface area contributed by atoms with Crippen molar-refractivity contribution < 1.29 is 0 Å². The first-order valence-electron chi connectivity index (χ1n) is 9.88. The zero-order valence-corrected chi connectivity index (χ0v) is 18.2. The highest BCUT2D eigenvalue weighted by molar-refractivity contribution is 9.10. The lowest BCUT2D eigenvalue weighted by atomic mass is 9.99. The first-order chi connectivity index (χ1) is 14.2. The highest BCUT2D eigenvalue weighted by Gasteiger charge is 2.15. The third-order valence-corrected chi connectivity index (χ3v) is 5.46. The molecule has 0 atom stereocenters. The van der Waals surface area contributed by atoms with Gasteiger partial charge in [0.25, 0.3) is 0 Å². The monoisotopic (exact) mass is 446 g/mol. The van der Waals surface area contributed by atoms with Crippen LogP contribution in [0.15, 0.2) is 65.4 Å². The second-order valence-corrected chi connectivity index (χ2v) is 8.04. The van der Waals surface area contributed by atoms with Gasteiger partial charge in [0.1, 0.15) is 12.1 Å². The number of aromatic nitrogens is 3. The van der Waals surface area contributed by atoms with Crippen LogP contribution in [0.5, 0.6) is 0 Å². The van der Waals surface area contributed by atoms with E-state index in [9.17, 15) is 0 Å². The summed E-state index contributed by atoms with van der Waals surface area (Å²) in [6.07, 6.45) is 3.81. The van der Waals surface area contributed by atoms with Crippen molar-refractivity contribution in [3.05, 3.63) is 71.0 Å². The third-order valence-electron chi connectivity index (χ3n) is 4.93. The molecule has 0 amide bonds. The second kappa shape index (κ2) is 8.70. The first-order valence-corrected chi connectivity index (χ1v) is 10.7. The number of unbranched alkanes of at least 4 members (excludes halogenated alkanes) is 1. The molecular formula is C24H23BrN4. The van der Waals surface area contributed by atoms with Crippen molar-refractivity contribution >= 4 is 32.8 Å². The van der Waals surface area contributed by atoms with Gasteiger partial charge in [0, 0.05) is 16.6 Å². The first kappa shape index (κ1) is 19.5. The molecule has 2 aromatic heterocycles. The maximum Gasteiger partial charge on any atom is 0.165 e. The van der Waals surface area contributed by atoms with E-state index in [1.165, 1.54) is 5.56 Å². The van der Waals surface area contributed by atoms with Crippen molar-refractivity contribution in [3.8, 4) is 22.4 Å². The molecule has 2 heterocycles. The number of hydrogen-bond acceptors (Lipinski definition) is 4. The van der Waals surface area contributed by atoms with Gasteiger partial charge in [0.15, 0.2) is 5.65 Å². The Kier molecular flexibility index (Phi) is 5.86. The number of anilines is 1. The normalized spacial score (nSPS) is 11.0. The van der Waals surface area contributed by atoms with Gasteiger partial charge in [-0.25, -0.2) is 15.0 Å². The number of aryl methyl sites for hydroxylation is 1. The summed E-state index contributed by atoms with van der Waals surface area (Å²) in [6.45, 7) is 5.15. The number of nitrogens with one attached hydrogen (secondary N) is 1. The van der Waals surface area contributed by atoms with Gasteiger partial charge in [-0.3, -0.25) is 0 Å². The highest BCUT2D eigenvalue weighted by atomic mass is 79.9. The summed E-state index contributed by atoms with van der Waals surface area (Å²) in [6, 6.07) is 18.9. The van der Waals surface area contributed by atoms with E-state index in [2.05, 4.69) is 99.7 Å². The Morgan fingerprint density at radius 1 is 0.931 bits per heavy atom.